The number of hydrogen-bond donors (Lipinski definition) is 4. The van der Waals surface area contributed by atoms with Crippen molar-refractivity contribution in [1.82, 2.24) is 5.32 Å². The van der Waals surface area contributed by atoms with E-state index in [1.54, 1.807) is 57.2 Å². The second-order valence-corrected chi connectivity index (χ2v) is 11.0. The van der Waals surface area contributed by atoms with Crippen LogP contribution in [0.3, 0.4) is 0 Å². The lowest BCUT2D eigenvalue weighted by Crippen LogP contribution is -2.47. The smallest absolute Gasteiger partial charge is 0.441 e. The van der Waals surface area contributed by atoms with E-state index in [1.165, 1.54) is 6.07 Å². The number of hydroxylamine groups is 1. The molecule has 3 rings (SSSR count). The van der Waals surface area contributed by atoms with Gasteiger partial charge in [-0.25, -0.2) is 9.59 Å². The molecular formula is C27H35N5O6. The lowest BCUT2D eigenvalue weighted by atomic mass is 9.84. The summed E-state index contributed by atoms with van der Waals surface area (Å²) in [5.74, 6) is -0.717. The average Bonchev–Trinajstić information content (AvgIpc) is 2.77. The minimum Gasteiger partial charge on any atom is -0.441 e. The van der Waals surface area contributed by atoms with E-state index < -0.39 is 35.2 Å². The molecule has 0 radical (unpaired) electrons. The monoisotopic (exact) mass is 525 g/mol. The molecule has 1 aliphatic heterocycles. The summed E-state index contributed by atoms with van der Waals surface area (Å²) in [7, 11) is 0. The van der Waals surface area contributed by atoms with Gasteiger partial charge < -0.3 is 20.6 Å². The summed E-state index contributed by atoms with van der Waals surface area (Å²) in [6, 6.07) is 10.9. The van der Waals surface area contributed by atoms with Gasteiger partial charge in [-0.1, -0.05) is 32.9 Å². The Morgan fingerprint density at radius 1 is 1.03 bits per heavy atom. The number of anilines is 4. The normalized spacial score (nSPS) is 15.8. The molecule has 2 aromatic carbocycles. The molecule has 204 valence electrons. The van der Waals surface area contributed by atoms with E-state index >= 15 is 0 Å². The number of nitrogens with zero attached hydrogens (tertiary/aromatic N) is 1. The highest BCUT2D eigenvalue weighted by Crippen LogP contribution is 2.37. The van der Waals surface area contributed by atoms with E-state index in [0.29, 0.717) is 29.0 Å². The molecule has 5 N–H and O–H groups in total. The Kier molecular flexibility index (Phi) is 8.19. The minimum atomic E-state index is -0.943. The first kappa shape index (κ1) is 28.3. The van der Waals surface area contributed by atoms with Crippen LogP contribution in [0.1, 0.15) is 59.9 Å². The topological polar surface area (TPSA) is 152 Å². The van der Waals surface area contributed by atoms with Crippen molar-refractivity contribution in [2.75, 3.05) is 21.4 Å². The van der Waals surface area contributed by atoms with Crippen molar-refractivity contribution in [2.45, 2.75) is 71.4 Å². The van der Waals surface area contributed by atoms with Crippen LogP contribution in [0.15, 0.2) is 42.5 Å². The number of nitrogens with two attached hydrogens (primary N) is 1. The molecule has 0 saturated carbocycles. The lowest BCUT2D eigenvalue weighted by Gasteiger charge is -2.30. The van der Waals surface area contributed by atoms with Crippen LogP contribution >= 0.6 is 0 Å². The van der Waals surface area contributed by atoms with Crippen LogP contribution in [-0.4, -0.2) is 35.6 Å². The van der Waals surface area contributed by atoms with Gasteiger partial charge in [-0.3, -0.25) is 20.2 Å². The SMILES string of the molecule is CC(C)(C)OC(=O)N(OC(=O)Nc1cccc(NC2CCC(=O)NC2=O)c1C(C)(C)C)c1cccc(N)c1. The van der Waals surface area contributed by atoms with Gasteiger partial charge in [0.05, 0.1) is 5.69 Å². The van der Waals surface area contributed by atoms with Gasteiger partial charge in [0.15, 0.2) is 0 Å². The number of rotatable bonds is 4. The number of ether oxygens (including phenoxy) is 1. The fourth-order valence-electron chi connectivity index (χ4n) is 3.97. The summed E-state index contributed by atoms with van der Waals surface area (Å²) < 4.78 is 5.41. The summed E-state index contributed by atoms with van der Waals surface area (Å²) >= 11 is 0. The van der Waals surface area contributed by atoms with Crippen LogP contribution in [0.5, 0.6) is 0 Å². The zero-order valence-corrected chi connectivity index (χ0v) is 22.5. The summed E-state index contributed by atoms with van der Waals surface area (Å²) in [4.78, 5) is 55.3. The number of imide groups is 1. The van der Waals surface area contributed by atoms with E-state index in [2.05, 4.69) is 16.0 Å². The number of hydrogen-bond acceptors (Lipinski definition) is 8. The molecule has 1 aliphatic rings. The molecule has 0 aliphatic carbocycles. The van der Waals surface area contributed by atoms with Gasteiger partial charge in [-0.2, -0.15) is 0 Å². The largest absolute Gasteiger partial charge is 0.448 e. The maximum absolute atomic E-state index is 13.1. The van der Waals surface area contributed by atoms with Gasteiger partial charge in [-0.15, -0.1) is 5.06 Å². The lowest BCUT2D eigenvalue weighted by molar-refractivity contribution is -0.133. The molecule has 1 fully saturated rings. The van der Waals surface area contributed by atoms with E-state index in [0.717, 1.165) is 5.06 Å². The second-order valence-electron chi connectivity index (χ2n) is 11.0. The molecule has 11 heteroatoms. The zero-order chi connectivity index (χ0) is 28.3. The molecule has 1 atom stereocenters. The fraction of sp³-hybridized carbons (Fsp3) is 0.407. The molecule has 4 amide bonds. The molecule has 0 aromatic heterocycles. The maximum Gasteiger partial charge on any atom is 0.448 e. The Labute approximate surface area is 222 Å². The Balaban J connectivity index is 1.88. The standard InChI is InChI=1S/C27H35N5O6/c1-26(2,3)22-18(29-20-13-14-21(33)31-23(20)34)11-8-12-19(22)30-24(35)38-32(25(36)37-27(4,5)6)17-10-7-9-16(28)15-17/h7-12,15,20,29H,13-14,28H2,1-6H3,(H,30,35)(H,31,33,34). The summed E-state index contributed by atoms with van der Waals surface area (Å²) in [5.41, 5.74) is 6.85. The van der Waals surface area contributed by atoms with Crippen molar-refractivity contribution < 1.29 is 28.8 Å². The Morgan fingerprint density at radius 3 is 2.29 bits per heavy atom. The quantitative estimate of drug-likeness (QED) is 0.255. The van der Waals surface area contributed by atoms with Crippen molar-refractivity contribution in [3.8, 4) is 0 Å². The van der Waals surface area contributed by atoms with Crippen LogP contribution in [0.25, 0.3) is 0 Å². The van der Waals surface area contributed by atoms with Crippen molar-refractivity contribution in [1.29, 1.82) is 0 Å². The van der Waals surface area contributed by atoms with Crippen LogP contribution < -0.4 is 26.7 Å². The first-order chi connectivity index (χ1) is 17.6. The Bertz CT molecular complexity index is 1230. The van der Waals surface area contributed by atoms with E-state index in [1.807, 2.05) is 20.8 Å². The third-order valence-electron chi connectivity index (χ3n) is 5.46. The van der Waals surface area contributed by atoms with Crippen LogP contribution in [0.2, 0.25) is 0 Å². The summed E-state index contributed by atoms with van der Waals surface area (Å²) in [6.07, 6.45) is -1.27. The number of nitrogen functional groups attached to an aromatic ring is 1. The van der Waals surface area contributed by atoms with E-state index in [-0.39, 0.29) is 18.0 Å². The van der Waals surface area contributed by atoms with Crippen molar-refractivity contribution >= 4 is 46.8 Å². The van der Waals surface area contributed by atoms with E-state index in [9.17, 15) is 19.2 Å². The number of carbonyl (C=O) groups excluding carboxylic acids is 4. The number of carbonyl (C=O) groups is 4. The highest BCUT2D eigenvalue weighted by molar-refractivity contribution is 6.01. The van der Waals surface area contributed by atoms with Gasteiger partial charge in [0.25, 0.3) is 0 Å². The zero-order valence-electron chi connectivity index (χ0n) is 22.5. The Hall–Kier alpha value is -4.28. The first-order valence-electron chi connectivity index (χ1n) is 12.3. The van der Waals surface area contributed by atoms with Crippen LogP contribution in [0, 0.1) is 0 Å². The first-order valence-corrected chi connectivity index (χ1v) is 12.3. The average molecular weight is 526 g/mol. The van der Waals surface area contributed by atoms with Gasteiger partial charge in [0.2, 0.25) is 11.8 Å². The van der Waals surface area contributed by atoms with E-state index in [4.69, 9.17) is 15.3 Å². The molecule has 1 heterocycles. The molecule has 1 saturated heterocycles. The van der Waals surface area contributed by atoms with Crippen molar-refractivity contribution in [2.24, 2.45) is 0 Å². The maximum atomic E-state index is 13.1. The fourth-order valence-corrected chi connectivity index (χ4v) is 3.97. The highest BCUT2D eigenvalue weighted by Gasteiger charge is 2.31. The van der Waals surface area contributed by atoms with Gasteiger partial charge >= 0.3 is 12.2 Å². The Morgan fingerprint density at radius 2 is 1.68 bits per heavy atom. The number of benzene rings is 2. The second kappa shape index (κ2) is 11.0. The number of nitrogens with one attached hydrogen (secondary N) is 3. The molecule has 0 spiro atoms. The van der Waals surface area contributed by atoms with Crippen LogP contribution in [0.4, 0.5) is 32.3 Å². The molecule has 0 bridgehead atoms. The third kappa shape index (κ3) is 7.37. The number of amides is 4. The van der Waals surface area contributed by atoms with Gasteiger partial charge in [0.1, 0.15) is 11.6 Å². The van der Waals surface area contributed by atoms with Crippen molar-refractivity contribution in [3.05, 3.63) is 48.0 Å². The highest BCUT2D eigenvalue weighted by atomic mass is 16.8. The van der Waals surface area contributed by atoms with Crippen LogP contribution in [-0.2, 0) is 24.6 Å². The molecule has 11 nitrogen and oxygen atoms in total. The molecule has 1 unspecified atom stereocenters. The molecular weight excluding hydrogens is 490 g/mol. The van der Waals surface area contributed by atoms with Crippen molar-refractivity contribution in [3.63, 3.8) is 0 Å². The third-order valence-corrected chi connectivity index (χ3v) is 5.46. The summed E-state index contributed by atoms with van der Waals surface area (Å²) in [6.45, 7) is 10.9. The van der Waals surface area contributed by atoms with Gasteiger partial charge in [0, 0.05) is 29.0 Å². The molecule has 38 heavy (non-hydrogen) atoms. The van der Waals surface area contributed by atoms with Gasteiger partial charge in [-0.05, 0) is 62.9 Å². The predicted molar refractivity (Wildman–Crippen MR) is 145 cm³/mol. The number of piperidine rings is 1. The molecule has 2 aromatic rings. The minimum absolute atomic E-state index is 0.207. The predicted octanol–water partition coefficient (Wildman–Crippen LogP) is 4.69. The summed E-state index contributed by atoms with van der Waals surface area (Å²) in [5, 5.41) is 8.98.